The van der Waals surface area contributed by atoms with Gasteiger partial charge in [0.2, 0.25) is 0 Å². The summed E-state index contributed by atoms with van der Waals surface area (Å²) in [5.74, 6) is -0.921. The SMILES string of the molecule is CCOC(=O)C(N)Cc1ccc(C(F)(F)F)cc1C(F)(F)F. The van der Waals surface area contributed by atoms with Crippen LogP contribution in [0.15, 0.2) is 18.2 Å². The Bertz CT molecular complexity index is 538. The van der Waals surface area contributed by atoms with Crippen LogP contribution in [0, 0.1) is 0 Å². The third-order valence-corrected chi connectivity index (χ3v) is 2.77. The Morgan fingerprint density at radius 3 is 2.23 bits per heavy atom. The summed E-state index contributed by atoms with van der Waals surface area (Å²) in [4.78, 5) is 11.3. The van der Waals surface area contributed by atoms with Crippen molar-refractivity contribution in [2.75, 3.05) is 6.61 Å². The number of hydrogen-bond acceptors (Lipinski definition) is 3. The molecule has 1 atom stereocenters. The minimum Gasteiger partial charge on any atom is -0.465 e. The molecule has 124 valence electrons. The lowest BCUT2D eigenvalue weighted by molar-refractivity contribution is -0.146. The van der Waals surface area contributed by atoms with Crippen LogP contribution in [0.4, 0.5) is 26.3 Å². The highest BCUT2D eigenvalue weighted by molar-refractivity contribution is 5.76. The van der Waals surface area contributed by atoms with Crippen molar-refractivity contribution < 1.29 is 35.9 Å². The van der Waals surface area contributed by atoms with Crippen LogP contribution in [0.5, 0.6) is 0 Å². The normalized spacial score (nSPS) is 13.8. The van der Waals surface area contributed by atoms with E-state index < -0.39 is 47.5 Å². The largest absolute Gasteiger partial charge is 0.465 e. The van der Waals surface area contributed by atoms with Crippen LogP contribution in [0.25, 0.3) is 0 Å². The summed E-state index contributed by atoms with van der Waals surface area (Å²) in [6, 6.07) is -0.196. The van der Waals surface area contributed by atoms with E-state index in [1.165, 1.54) is 6.92 Å². The van der Waals surface area contributed by atoms with E-state index in [0.29, 0.717) is 12.1 Å². The topological polar surface area (TPSA) is 52.3 Å². The van der Waals surface area contributed by atoms with Gasteiger partial charge >= 0.3 is 18.3 Å². The predicted octanol–water partition coefficient (Wildman–Crippen LogP) is 3.16. The Hall–Kier alpha value is -1.77. The molecule has 1 aromatic carbocycles. The van der Waals surface area contributed by atoms with Crippen LogP contribution in [0.1, 0.15) is 23.6 Å². The lowest BCUT2D eigenvalue weighted by Crippen LogP contribution is -2.35. The molecule has 9 heteroatoms. The van der Waals surface area contributed by atoms with E-state index in [2.05, 4.69) is 4.74 Å². The number of rotatable bonds is 4. The number of hydrogen-bond donors (Lipinski definition) is 1. The zero-order valence-corrected chi connectivity index (χ0v) is 11.4. The molecule has 22 heavy (non-hydrogen) atoms. The highest BCUT2D eigenvalue weighted by Gasteiger charge is 2.38. The molecular weight excluding hydrogens is 316 g/mol. The fourth-order valence-electron chi connectivity index (χ4n) is 1.76. The van der Waals surface area contributed by atoms with Crippen LogP contribution in [-0.2, 0) is 28.3 Å². The molecule has 0 saturated carbocycles. The minimum atomic E-state index is -5.00. The number of ether oxygens (including phenoxy) is 1. The van der Waals surface area contributed by atoms with E-state index in [1.54, 1.807) is 0 Å². The third kappa shape index (κ3) is 4.62. The number of benzene rings is 1. The van der Waals surface area contributed by atoms with Gasteiger partial charge in [-0.25, -0.2) is 0 Å². The summed E-state index contributed by atoms with van der Waals surface area (Å²) in [5.41, 5.74) is 2.02. The molecule has 0 fully saturated rings. The van der Waals surface area contributed by atoms with Gasteiger partial charge in [-0.1, -0.05) is 6.07 Å². The first-order chi connectivity index (χ1) is 9.96. The van der Waals surface area contributed by atoms with E-state index in [4.69, 9.17) is 5.73 Å². The molecule has 3 nitrogen and oxygen atoms in total. The third-order valence-electron chi connectivity index (χ3n) is 2.77. The van der Waals surface area contributed by atoms with E-state index in [0.717, 1.165) is 0 Å². The fraction of sp³-hybridized carbons (Fsp3) is 0.462. The van der Waals surface area contributed by atoms with Crippen LogP contribution in [0.3, 0.4) is 0 Å². The van der Waals surface area contributed by atoms with Crippen molar-refractivity contribution in [1.29, 1.82) is 0 Å². The van der Waals surface area contributed by atoms with Crippen molar-refractivity contribution in [2.24, 2.45) is 5.73 Å². The first kappa shape index (κ1) is 18.3. The lowest BCUT2D eigenvalue weighted by Gasteiger charge is -2.18. The van der Waals surface area contributed by atoms with Crippen molar-refractivity contribution in [2.45, 2.75) is 31.7 Å². The van der Waals surface area contributed by atoms with Crippen molar-refractivity contribution in [3.63, 3.8) is 0 Å². The van der Waals surface area contributed by atoms with Gasteiger partial charge in [0.15, 0.2) is 0 Å². The molecule has 2 N–H and O–H groups in total. The Kier molecular flexibility index (Phi) is 5.44. The van der Waals surface area contributed by atoms with Gasteiger partial charge in [0.25, 0.3) is 0 Å². The van der Waals surface area contributed by atoms with Crippen LogP contribution >= 0.6 is 0 Å². The van der Waals surface area contributed by atoms with Crippen molar-refractivity contribution >= 4 is 5.97 Å². The van der Waals surface area contributed by atoms with Gasteiger partial charge in [-0.2, -0.15) is 26.3 Å². The molecule has 0 aromatic heterocycles. The summed E-state index contributed by atoms with van der Waals surface area (Å²) in [5, 5.41) is 0. The summed E-state index contributed by atoms with van der Waals surface area (Å²) in [7, 11) is 0. The average Bonchev–Trinajstić information content (AvgIpc) is 2.36. The standard InChI is InChI=1S/C13H13F6NO2/c1-2-22-11(21)10(20)5-7-3-4-8(12(14,15)16)6-9(7)13(17,18)19/h3-4,6,10H,2,5,20H2,1H3. The maximum absolute atomic E-state index is 12.9. The second-order valence-electron chi connectivity index (χ2n) is 4.43. The molecule has 0 amide bonds. The van der Waals surface area contributed by atoms with E-state index in [-0.39, 0.29) is 12.7 Å². The monoisotopic (exact) mass is 329 g/mol. The van der Waals surface area contributed by atoms with Crippen molar-refractivity contribution in [3.05, 3.63) is 34.9 Å². The molecule has 0 bridgehead atoms. The zero-order chi connectivity index (χ0) is 17.1. The molecule has 0 radical (unpaired) electrons. The van der Waals surface area contributed by atoms with Gasteiger partial charge in [-0.3, -0.25) is 4.79 Å². The molecule has 0 heterocycles. The number of carbonyl (C=O) groups excluding carboxylic acids is 1. The second-order valence-corrected chi connectivity index (χ2v) is 4.43. The first-order valence-corrected chi connectivity index (χ1v) is 6.16. The quantitative estimate of drug-likeness (QED) is 0.682. The zero-order valence-electron chi connectivity index (χ0n) is 11.4. The molecule has 0 aliphatic heterocycles. The summed E-state index contributed by atoms with van der Waals surface area (Å²) in [6.07, 6.45) is -10.5. The molecule has 1 aromatic rings. The molecule has 0 aliphatic carbocycles. The number of nitrogens with two attached hydrogens (primary N) is 1. The number of esters is 1. The lowest BCUT2D eigenvalue weighted by atomic mass is 9.97. The number of carbonyl (C=O) groups is 1. The Labute approximate surface area is 122 Å². The van der Waals surface area contributed by atoms with E-state index in [9.17, 15) is 31.1 Å². The summed E-state index contributed by atoms with van der Waals surface area (Å²) < 4.78 is 80.8. The summed E-state index contributed by atoms with van der Waals surface area (Å²) in [6.45, 7) is 1.48. The van der Waals surface area contributed by atoms with E-state index in [1.807, 2.05) is 0 Å². The number of alkyl halides is 6. The second kappa shape index (κ2) is 6.55. The maximum Gasteiger partial charge on any atom is 0.416 e. The van der Waals surface area contributed by atoms with Gasteiger partial charge in [0, 0.05) is 0 Å². The van der Waals surface area contributed by atoms with Gasteiger partial charge in [-0.15, -0.1) is 0 Å². The molecular formula is C13H13F6NO2. The number of halogens is 6. The highest BCUT2D eigenvalue weighted by atomic mass is 19.4. The first-order valence-electron chi connectivity index (χ1n) is 6.16. The van der Waals surface area contributed by atoms with Gasteiger partial charge in [0.05, 0.1) is 17.7 Å². The fourth-order valence-corrected chi connectivity index (χ4v) is 1.76. The Morgan fingerprint density at radius 2 is 1.77 bits per heavy atom. The molecule has 0 aliphatic rings. The molecule has 0 saturated heterocycles. The van der Waals surface area contributed by atoms with Crippen LogP contribution in [0.2, 0.25) is 0 Å². The Balaban J connectivity index is 3.17. The van der Waals surface area contributed by atoms with Crippen molar-refractivity contribution in [1.82, 2.24) is 0 Å². The predicted molar refractivity (Wildman–Crippen MR) is 64.8 cm³/mol. The molecule has 0 spiro atoms. The molecule has 1 rings (SSSR count). The van der Waals surface area contributed by atoms with Gasteiger partial charge < -0.3 is 10.5 Å². The Morgan fingerprint density at radius 1 is 1.18 bits per heavy atom. The average molecular weight is 329 g/mol. The van der Waals surface area contributed by atoms with Gasteiger partial charge in [-0.05, 0) is 31.0 Å². The maximum atomic E-state index is 12.9. The van der Waals surface area contributed by atoms with Crippen LogP contribution < -0.4 is 5.73 Å². The van der Waals surface area contributed by atoms with Crippen molar-refractivity contribution in [3.8, 4) is 0 Å². The van der Waals surface area contributed by atoms with Gasteiger partial charge in [0.1, 0.15) is 6.04 Å². The molecule has 1 unspecified atom stereocenters. The van der Waals surface area contributed by atoms with Crippen LogP contribution in [-0.4, -0.2) is 18.6 Å². The minimum absolute atomic E-state index is 0.00715. The smallest absolute Gasteiger partial charge is 0.416 e. The summed E-state index contributed by atoms with van der Waals surface area (Å²) >= 11 is 0. The van der Waals surface area contributed by atoms with E-state index >= 15 is 0 Å². The highest BCUT2D eigenvalue weighted by Crippen LogP contribution is 2.37.